The van der Waals surface area contributed by atoms with Crippen molar-refractivity contribution in [2.75, 3.05) is 32.8 Å². The molecule has 2 saturated heterocycles. The van der Waals surface area contributed by atoms with Crippen LogP contribution in [-0.2, 0) is 11.3 Å². The summed E-state index contributed by atoms with van der Waals surface area (Å²) in [6.07, 6.45) is 8.43. The van der Waals surface area contributed by atoms with Crippen LogP contribution in [0.2, 0.25) is 0 Å². The average molecular weight is 339 g/mol. The number of aromatic nitrogens is 3. The number of ether oxygens (including phenoxy) is 1. The summed E-state index contributed by atoms with van der Waals surface area (Å²) < 4.78 is 6.02. The van der Waals surface area contributed by atoms with E-state index in [4.69, 9.17) is 4.74 Å². The van der Waals surface area contributed by atoms with Crippen LogP contribution in [0, 0.1) is 5.92 Å². The normalized spacial score (nSPS) is 23.9. The Bertz CT molecular complexity index is 712. The third kappa shape index (κ3) is 3.67. The molecule has 2 fully saturated rings. The molecule has 0 radical (unpaired) electrons. The maximum atomic E-state index is 12.6. The first-order valence-corrected chi connectivity index (χ1v) is 8.58. The van der Waals surface area contributed by atoms with Crippen molar-refractivity contribution >= 4 is 5.91 Å². The number of likely N-dealkylation sites (tertiary alicyclic amines) is 1. The molecule has 25 heavy (non-hydrogen) atoms. The zero-order valence-corrected chi connectivity index (χ0v) is 14.0. The van der Waals surface area contributed by atoms with Crippen molar-refractivity contribution in [1.82, 2.24) is 24.8 Å². The van der Waals surface area contributed by atoms with Crippen molar-refractivity contribution in [2.24, 2.45) is 5.92 Å². The SMILES string of the molecule is O=C(c1cnccn1)N1C[C@H]2CN(Cc3cccnc3)CCO[C@H]2C1. The lowest BCUT2D eigenvalue weighted by atomic mass is 10.1. The molecule has 0 bridgehead atoms. The Hall–Kier alpha value is -2.38. The summed E-state index contributed by atoms with van der Waals surface area (Å²) in [5.74, 6) is 0.253. The van der Waals surface area contributed by atoms with E-state index < -0.39 is 0 Å². The Morgan fingerprint density at radius 1 is 1.16 bits per heavy atom. The van der Waals surface area contributed by atoms with E-state index in [9.17, 15) is 4.79 Å². The summed E-state index contributed by atoms with van der Waals surface area (Å²) in [4.78, 5) is 29.1. The molecule has 130 valence electrons. The minimum absolute atomic E-state index is 0.0661. The topological polar surface area (TPSA) is 71.5 Å². The number of rotatable bonds is 3. The predicted molar refractivity (Wildman–Crippen MR) is 90.7 cm³/mol. The molecule has 7 heteroatoms. The van der Waals surface area contributed by atoms with E-state index in [2.05, 4.69) is 25.9 Å². The summed E-state index contributed by atoms with van der Waals surface area (Å²) in [6, 6.07) is 4.05. The molecule has 2 aromatic rings. The van der Waals surface area contributed by atoms with E-state index in [0.29, 0.717) is 31.3 Å². The van der Waals surface area contributed by atoms with Gasteiger partial charge in [-0.05, 0) is 11.6 Å². The fourth-order valence-electron chi connectivity index (χ4n) is 3.59. The molecular weight excluding hydrogens is 318 g/mol. The minimum Gasteiger partial charge on any atom is -0.375 e. The Labute approximate surface area is 146 Å². The van der Waals surface area contributed by atoms with Crippen molar-refractivity contribution in [2.45, 2.75) is 12.6 Å². The Morgan fingerprint density at radius 2 is 2.08 bits per heavy atom. The summed E-state index contributed by atoms with van der Waals surface area (Å²) >= 11 is 0. The summed E-state index contributed by atoms with van der Waals surface area (Å²) in [5, 5.41) is 0. The first kappa shape index (κ1) is 16.1. The largest absolute Gasteiger partial charge is 0.375 e. The van der Waals surface area contributed by atoms with E-state index >= 15 is 0 Å². The zero-order valence-electron chi connectivity index (χ0n) is 14.0. The van der Waals surface area contributed by atoms with Gasteiger partial charge in [-0.15, -0.1) is 0 Å². The summed E-state index contributed by atoms with van der Waals surface area (Å²) in [6.45, 7) is 4.70. The molecule has 2 aliphatic heterocycles. The first-order chi connectivity index (χ1) is 12.3. The number of hydrogen-bond donors (Lipinski definition) is 0. The van der Waals surface area contributed by atoms with Crippen LogP contribution in [0.5, 0.6) is 0 Å². The fraction of sp³-hybridized carbons (Fsp3) is 0.444. The van der Waals surface area contributed by atoms with E-state index in [1.807, 2.05) is 17.2 Å². The van der Waals surface area contributed by atoms with Gasteiger partial charge in [0, 0.05) is 63.4 Å². The number of pyridine rings is 1. The van der Waals surface area contributed by atoms with Gasteiger partial charge < -0.3 is 9.64 Å². The molecule has 0 spiro atoms. The van der Waals surface area contributed by atoms with Gasteiger partial charge >= 0.3 is 0 Å². The lowest BCUT2D eigenvalue weighted by Gasteiger charge is -2.23. The number of carbonyl (C=O) groups excluding carboxylic acids is 1. The quantitative estimate of drug-likeness (QED) is 0.825. The van der Waals surface area contributed by atoms with Crippen molar-refractivity contribution in [3.63, 3.8) is 0 Å². The van der Waals surface area contributed by atoms with E-state index in [1.54, 1.807) is 18.6 Å². The highest BCUT2D eigenvalue weighted by Gasteiger charge is 2.39. The van der Waals surface area contributed by atoms with Crippen molar-refractivity contribution in [3.05, 3.63) is 54.4 Å². The van der Waals surface area contributed by atoms with Crippen LogP contribution in [0.3, 0.4) is 0 Å². The number of hydrogen-bond acceptors (Lipinski definition) is 6. The number of amides is 1. The number of nitrogens with zero attached hydrogens (tertiary/aromatic N) is 5. The summed E-state index contributed by atoms with van der Waals surface area (Å²) in [5.41, 5.74) is 1.60. The standard InChI is InChI=1S/C18H21N5O2/c24-18(16-9-20-4-5-21-16)23-12-15-11-22(6-7-25-17(15)13-23)10-14-2-1-3-19-8-14/h1-5,8-9,15,17H,6-7,10-13H2/t15-,17+/m1/s1. The van der Waals surface area contributed by atoms with Gasteiger partial charge in [0.2, 0.25) is 0 Å². The zero-order chi connectivity index (χ0) is 17.1. The highest BCUT2D eigenvalue weighted by molar-refractivity contribution is 5.92. The van der Waals surface area contributed by atoms with Crippen LogP contribution in [0.15, 0.2) is 43.1 Å². The molecule has 2 atom stereocenters. The Balaban J connectivity index is 1.41. The van der Waals surface area contributed by atoms with Gasteiger partial charge in [0.25, 0.3) is 5.91 Å². The summed E-state index contributed by atoms with van der Waals surface area (Å²) in [7, 11) is 0. The highest BCUT2D eigenvalue weighted by atomic mass is 16.5. The van der Waals surface area contributed by atoms with Gasteiger partial charge in [0.15, 0.2) is 0 Å². The van der Waals surface area contributed by atoms with Crippen LogP contribution in [-0.4, -0.2) is 69.5 Å². The third-order valence-electron chi connectivity index (χ3n) is 4.81. The molecule has 0 N–H and O–H groups in total. The van der Waals surface area contributed by atoms with Crippen LogP contribution in [0.4, 0.5) is 0 Å². The maximum absolute atomic E-state index is 12.6. The molecule has 0 aromatic carbocycles. The van der Waals surface area contributed by atoms with E-state index in [-0.39, 0.29) is 12.0 Å². The highest BCUT2D eigenvalue weighted by Crippen LogP contribution is 2.25. The van der Waals surface area contributed by atoms with Crippen LogP contribution >= 0.6 is 0 Å². The minimum atomic E-state index is -0.0661. The molecule has 4 heterocycles. The Kier molecular flexibility index (Phi) is 4.67. The third-order valence-corrected chi connectivity index (χ3v) is 4.81. The maximum Gasteiger partial charge on any atom is 0.274 e. The molecule has 2 aliphatic rings. The van der Waals surface area contributed by atoms with Gasteiger partial charge in [0.05, 0.1) is 18.9 Å². The van der Waals surface area contributed by atoms with Gasteiger partial charge in [0.1, 0.15) is 5.69 Å². The van der Waals surface area contributed by atoms with Gasteiger partial charge in [-0.1, -0.05) is 6.07 Å². The fourth-order valence-corrected chi connectivity index (χ4v) is 3.59. The Morgan fingerprint density at radius 3 is 2.88 bits per heavy atom. The molecule has 1 amide bonds. The number of fused-ring (bicyclic) bond motifs is 1. The van der Waals surface area contributed by atoms with Gasteiger partial charge in [-0.25, -0.2) is 4.98 Å². The van der Waals surface area contributed by atoms with Crippen LogP contribution in [0.1, 0.15) is 16.1 Å². The molecule has 0 unspecified atom stereocenters. The van der Waals surface area contributed by atoms with Gasteiger partial charge in [-0.2, -0.15) is 0 Å². The van der Waals surface area contributed by atoms with Crippen molar-refractivity contribution in [3.8, 4) is 0 Å². The van der Waals surface area contributed by atoms with E-state index in [1.165, 1.54) is 11.8 Å². The molecule has 7 nitrogen and oxygen atoms in total. The van der Waals surface area contributed by atoms with Crippen molar-refractivity contribution in [1.29, 1.82) is 0 Å². The number of carbonyl (C=O) groups is 1. The first-order valence-electron chi connectivity index (χ1n) is 8.58. The molecular formula is C18H21N5O2. The molecule has 2 aromatic heterocycles. The van der Waals surface area contributed by atoms with Gasteiger partial charge in [-0.3, -0.25) is 19.7 Å². The van der Waals surface area contributed by atoms with Crippen molar-refractivity contribution < 1.29 is 9.53 Å². The smallest absolute Gasteiger partial charge is 0.274 e. The molecule has 0 saturated carbocycles. The molecule has 4 rings (SSSR count). The lowest BCUT2D eigenvalue weighted by Crippen LogP contribution is -2.34. The van der Waals surface area contributed by atoms with Crippen LogP contribution < -0.4 is 0 Å². The monoisotopic (exact) mass is 339 g/mol. The second-order valence-electron chi connectivity index (χ2n) is 6.57. The second kappa shape index (κ2) is 7.25. The van der Waals surface area contributed by atoms with E-state index in [0.717, 1.165) is 19.6 Å². The average Bonchev–Trinajstić information content (AvgIpc) is 2.96. The van der Waals surface area contributed by atoms with Crippen LogP contribution in [0.25, 0.3) is 0 Å². The molecule has 0 aliphatic carbocycles. The lowest BCUT2D eigenvalue weighted by molar-refractivity contribution is 0.0482. The second-order valence-corrected chi connectivity index (χ2v) is 6.57. The predicted octanol–water partition coefficient (Wildman–Crippen LogP) is 0.845.